The van der Waals surface area contributed by atoms with Gasteiger partial charge in [-0.15, -0.1) is 10.2 Å². The van der Waals surface area contributed by atoms with Crippen LogP contribution in [0.3, 0.4) is 0 Å². The normalized spacial score (nSPS) is 15.0. The number of rotatable bonds is 16. The van der Waals surface area contributed by atoms with Gasteiger partial charge in [-0.3, -0.25) is 10.1 Å². The smallest absolute Gasteiger partial charge is 0.271 e. The predicted octanol–water partition coefficient (Wildman–Crippen LogP) is 9.75. The zero-order chi connectivity index (χ0) is 33.3. The summed E-state index contributed by atoms with van der Waals surface area (Å²) in [6, 6.07) is 10.7. The number of methoxy groups -OCH3 is 1. The molecule has 0 N–H and O–H groups in total. The van der Waals surface area contributed by atoms with Gasteiger partial charge >= 0.3 is 0 Å². The molecule has 11 nitrogen and oxygen atoms in total. The Morgan fingerprint density at radius 3 is 2.36 bits per heavy atom. The Labute approximate surface area is 272 Å². The highest BCUT2D eigenvalue weighted by molar-refractivity contribution is 7.44. The van der Waals surface area contributed by atoms with Crippen LogP contribution in [0.4, 0.5) is 22.7 Å². The van der Waals surface area contributed by atoms with Crippen LogP contribution >= 0.6 is 20.1 Å². The number of allylic oxidation sites excluding steroid dienone is 1. The van der Waals surface area contributed by atoms with E-state index in [1.165, 1.54) is 18.2 Å². The lowest BCUT2D eigenvalue weighted by atomic mass is 9.88. The van der Waals surface area contributed by atoms with E-state index in [9.17, 15) is 10.1 Å². The summed E-state index contributed by atoms with van der Waals surface area (Å²) in [5.74, 6) is 0.553. The van der Waals surface area contributed by atoms with Crippen molar-refractivity contribution in [1.29, 1.82) is 5.26 Å². The molecule has 0 amide bonds. The minimum Gasteiger partial charge on any atom is -0.494 e. The third-order valence-corrected chi connectivity index (χ3v) is 9.74. The van der Waals surface area contributed by atoms with Crippen molar-refractivity contribution in [2.45, 2.75) is 85.4 Å². The van der Waals surface area contributed by atoms with Crippen molar-refractivity contribution in [3.05, 3.63) is 57.1 Å². The molecule has 0 aromatic heterocycles. The molecule has 13 heteroatoms. The van der Waals surface area contributed by atoms with E-state index in [2.05, 4.69) is 80.4 Å². The summed E-state index contributed by atoms with van der Waals surface area (Å²) in [6.07, 6.45) is 4.31. The molecule has 1 atom stereocenters. The zero-order valence-corrected chi connectivity index (χ0v) is 29.1. The number of nitrogens with zero attached hydrogens (tertiary/aromatic N) is 6. The molecule has 3 rings (SSSR count). The molecule has 0 saturated heterocycles. The molecular formula is C32H44ClN6O5P. The lowest BCUT2D eigenvalue weighted by Crippen LogP contribution is -2.45. The van der Waals surface area contributed by atoms with E-state index in [1.807, 2.05) is 12.1 Å². The van der Waals surface area contributed by atoms with Crippen molar-refractivity contribution in [3.8, 4) is 11.8 Å². The fourth-order valence-electron chi connectivity index (χ4n) is 5.37. The molecule has 244 valence electrons. The fourth-order valence-corrected chi connectivity index (χ4v) is 7.21. The van der Waals surface area contributed by atoms with Gasteiger partial charge in [0.15, 0.2) is 0 Å². The number of nitro benzene ring substituents is 1. The topological polar surface area (TPSA) is 126 Å². The Hall–Kier alpha value is -3.13. The Morgan fingerprint density at radius 2 is 1.76 bits per heavy atom. The summed E-state index contributed by atoms with van der Waals surface area (Å²) in [7, 11) is 0.324. The molecule has 1 unspecified atom stereocenters. The average molecular weight is 659 g/mol. The van der Waals surface area contributed by atoms with Crippen LogP contribution in [0.1, 0.15) is 73.3 Å². The van der Waals surface area contributed by atoms with Crippen molar-refractivity contribution in [3.63, 3.8) is 0 Å². The first-order chi connectivity index (χ1) is 21.3. The first kappa shape index (κ1) is 36.3. The van der Waals surface area contributed by atoms with Gasteiger partial charge in [0, 0.05) is 48.1 Å². The maximum absolute atomic E-state index is 11.1. The van der Waals surface area contributed by atoms with Gasteiger partial charge in [-0.2, -0.15) is 5.26 Å². The predicted molar refractivity (Wildman–Crippen MR) is 181 cm³/mol. The van der Waals surface area contributed by atoms with Crippen LogP contribution < -0.4 is 9.64 Å². The molecule has 0 fully saturated rings. The number of anilines is 1. The number of fused-ring (bicyclic) bond motifs is 1. The molecule has 1 aliphatic heterocycles. The van der Waals surface area contributed by atoms with Crippen molar-refractivity contribution >= 4 is 48.4 Å². The fraction of sp³-hybridized carbons (Fsp3) is 0.531. The van der Waals surface area contributed by atoms with Gasteiger partial charge < -0.3 is 18.7 Å². The molecule has 2 aromatic carbocycles. The van der Waals surface area contributed by atoms with Crippen LogP contribution in [0.2, 0.25) is 5.02 Å². The standard InChI is InChI=1S/C32H44ClN6O5P/c1-22(2)38(23(3)4)45(44-17-11-14-34)43-16-10-9-15-37-30-20-31(42-8)29(19-26(30)24(5)21-32(37,6)7)36-35-28-13-12-25(39(40)41)18-27(28)33/h12-13,18-23H,9-11,15-17H2,1-8H3/b36-35+. The third kappa shape index (κ3) is 9.44. The van der Waals surface area contributed by atoms with Crippen molar-refractivity contribution in [2.24, 2.45) is 10.2 Å². The summed E-state index contributed by atoms with van der Waals surface area (Å²) < 4.78 is 20.3. The number of hydrogen-bond donors (Lipinski definition) is 0. The zero-order valence-electron chi connectivity index (χ0n) is 27.4. The maximum Gasteiger partial charge on any atom is 0.271 e. The largest absolute Gasteiger partial charge is 0.494 e. The number of hydrogen-bond acceptors (Lipinski definition) is 10. The van der Waals surface area contributed by atoms with Gasteiger partial charge in [0.1, 0.15) is 17.1 Å². The minimum atomic E-state index is -1.27. The highest BCUT2D eigenvalue weighted by Gasteiger charge is 2.32. The number of non-ortho nitro benzene ring substituents is 1. The van der Waals surface area contributed by atoms with E-state index < -0.39 is 13.4 Å². The molecule has 2 aromatic rings. The van der Waals surface area contributed by atoms with Crippen LogP contribution in [0.25, 0.3) is 5.57 Å². The molecule has 1 heterocycles. The van der Waals surface area contributed by atoms with Crippen LogP contribution in [-0.2, 0) is 9.05 Å². The first-order valence-corrected chi connectivity index (χ1v) is 16.6. The molecule has 1 aliphatic rings. The second kappa shape index (κ2) is 16.4. The highest BCUT2D eigenvalue weighted by Crippen LogP contribution is 2.47. The van der Waals surface area contributed by atoms with Gasteiger partial charge in [-0.05, 0) is 79.0 Å². The summed E-state index contributed by atoms with van der Waals surface area (Å²) in [5, 5.41) is 28.8. The Balaban J connectivity index is 1.77. The molecule has 45 heavy (non-hydrogen) atoms. The quantitative estimate of drug-likeness (QED) is 0.0573. The number of nitro groups is 1. The summed E-state index contributed by atoms with van der Waals surface area (Å²) >= 11 is 6.23. The van der Waals surface area contributed by atoms with Crippen LogP contribution in [0, 0.1) is 21.4 Å². The maximum atomic E-state index is 11.1. The van der Waals surface area contributed by atoms with Gasteiger partial charge in [-0.25, -0.2) is 4.67 Å². The minimum absolute atomic E-state index is 0.113. The average Bonchev–Trinajstić information content (AvgIpc) is 2.96. The van der Waals surface area contributed by atoms with Gasteiger partial charge in [-0.1, -0.05) is 17.7 Å². The summed E-state index contributed by atoms with van der Waals surface area (Å²) in [6.45, 7) is 16.7. The van der Waals surface area contributed by atoms with Crippen LogP contribution in [0.5, 0.6) is 5.75 Å². The van der Waals surface area contributed by atoms with Crippen molar-refractivity contribution < 1.29 is 18.7 Å². The Bertz CT molecular complexity index is 1430. The number of azo groups is 1. The number of unbranched alkanes of at least 4 members (excludes halogenated alkanes) is 1. The third-order valence-electron chi connectivity index (χ3n) is 7.33. The van der Waals surface area contributed by atoms with Gasteiger partial charge in [0.05, 0.1) is 48.3 Å². The number of halogens is 1. The van der Waals surface area contributed by atoms with E-state index in [-0.39, 0.29) is 28.3 Å². The van der Waals surface area contributed by atoms with Crippen LogP contribution in [0.15, 0.2) is 46.6 Å². The molecule has 0 bridgehead atoms. The van der Waals surface area contributed by atoms with E-state index in [0.29, 0.717) is 36.8 Å². The van der Waals surface area contributed by atoms with E-state index in [0.717, 1.165) is 36.2 Å². The number of ether oxygens (including phenoxy) is 1. The molecule has 0 spiro atoms. The van der Waals surface area contributed by atoms with Gasteiger partial charge in [0.2, 0.25) is 0 Å². The Kier molecular flexibility index (Phi) is 13.3. The molecule has 0 radical (unpaired) electrons. The van der Waals surface area contributed by atoms with E-state index in [4.69, 9.17) is 30.6 Å². The van der Waals surface area contributed by atoms with Crippen molar-refractivity contribution in [2.75, 3.05) is 31.8 Å². The SMILES string of the molecule is COc1cc2c(cc1/N=N/c1ccc([N+](=O)[O-])cc1Cl)C(C)=CC(C)(C)N2CCCCOP(OCCC#N)N(C(C)C)C(C)C. The Morgan fingerprint density at radius 1 is 1.09 bits per heavy atom. The number of benzene rings is 2. The lowest BCUT2D eigenvalue weighted by molar-refractivity contribution is -0.384. The molecule has 0 aliphatic carbocycles. The van der Waals surface area contributed by atoms with Crippen molar-refractivity contribution in [1.82, 2.24) is 4.67 Å². The van der Waals surface area contributed by atoms with Gasteiger partial charge in [0.25, 0.3) is 14.2 Å². The molecular weight excluding hydrogens is 615 g/mol. The van der Waals surface area contributed by atoms with E-state index in [1.54, 1.807) is 7.11 Å². The first-order valence-electron chi connectivity index (χ1n) is 15.1. The second-order valence-corrected chi connectivity index (χ2v) is 13.7. The van der Waals surface area contributed by atoms with Crippen LogP contribution in [-0.4, -0.2) is 54.1 Å². The molecule has 0 saturated carbocycles. The highest BCUT2D eigenvalue weighted by atomic mass is 35.5. The van der Waals surface area contributed by atoms with E-state index >= 15 is 0 Å². The second-order valence-electron chi connectivity index (χ2n) is 11.9. The lowest BCUT2D eigenvalue weighted by Gasteiger charge is -2.43. The monoisotopic (exact) mass is 658 g/mol. The summed E-state index contributed by atoms with van der Waals surface area (Å²) in [4.78, 5) is 12.9. The number of nitriles is 1. The summed E-state index contributed by atoms with van der Waals surface area (Å²) in [5.41, 5.74) is 3.67.